The first-order valence-corrected chi connectivity index (χ1v) is 26.0. The van der Waals surface area contributed by atoms with Crippen LogP contribution < -0.4 is 16.8 Å². The summed E-state index contributed by atoms with van der Waals surface area (Å²) in [7, 11) is 3.31. The monoisotopic (exact) mass is 962 g/mol. The summed E-state index contributed by atoms with van der Waals surface area (Å²) < 4.78 is 2.45. The van der Waals surface area contributed by atoms with Gasteiger partial charge in [-0.05, 0) is 119 Å². The Morgan fingerprint density at radius 1 is 1.07 bits per heavy atom. The number of piperazine rings is 1. The van der Waals surface area contributed by atoms with Crippen molar-refractivity contribution in [3.8, 4) is 22.5 Å². The molecule has 4 aromatic rings. The van der Waals surface area contributed by atoms with Crippen LogP contribution in [0.25, 0.3) is 33.4 Å². The molecule has 7 heterocycles. The first kappa shape index (κ1) is 56.7. The van der Waals surface area contributed by atoms with Crippen molar-refractivity contribution >= 4 is 47.6 Å². The predicted octanol–water partition coefficient (Wildman–Crippen LogP) is 9.61. The molecule has 376 valence electrons. The fraction of sp³-hybridized carbons (Fsp3) is 0.545. The summed E-state index contributed by atoms with van der Waals surface area (Å²) in [5.41, 5.74) is 18.7. The normalized spacial score (nSPS) is 18.5. The zero-order chi connectivity index (χ0) is 51.2. The zero-order valence-electron chi connectivity index (χ0n) is 43.9. The van der Waals surface area contributed by atoms with Gasteiger partial charge in [-0.15, -0.1) is 11.3 Å². The molecular formula is C55H84BN9O3S. The van der Waals surface area contributed by atoms with Gasteiger partial charge in [0.2, 0.25) is 12.8 Å². The molecule has 5 atom stereocenters. The van der Waals surface area contributed by atoms with Crippen molar-refractivity contribution in [2.24, 2.45) is 22.8 Å². The number of aromatic nitrogens is 3. The number of carbonyl (C=O) groups excluding carboxylic acids is 3. The smallest absolute Gasteiger partial charge is 0.246 e. The average molecular weight is 962 g/mol. The van der Waals surface area contributed by atoms with Gasteiger partial charge in [0.05, 0.1) is 33.7 Å². The molecule has 69 heavy (non-hydrogen) atoms. The summed E-state index contributed by atoms with van der Waals surface area (Å²) in [4.78, 5) is 52.1. The second-order valence-corrected chi connectivity index (χ2v) is 21.2. The molecule has 4 aliphatic rings. The first-order chi connectivity index (χ1) is 32.9. The topological polar surface area (TPSA) is 156 Å². The van der Waals surface area contributed by atoms with Crippen molar-refractivity contribution in [2.45, 2.75) is 150 Å². The fourth-order valence-electron chi connectivity index (χ4n) is 10.8. The predicted molar refractivity (Wildman–Crippen MR) is 291 cm³/mol. The molecule has 12 nitrogen and oxygen atoms in total. The molecule has 0 radical (unpaired) electrons. The number of hydrogen-bond acceptors (Lipinski definition) is 11. The molecule has 4 saturated heterocycles. The number of piperidine rings is 1. The lowest BCUT2D eigenvalue weighted by Crippen LogP contribution is -2.71. The second kappa shape index (κ2) is 25.8. The Morgan fingerprint density at radius 3 is 2.29 bits per heavy atom. The van der Waals surface area contributed by atoms with E-state index in [1.165, 1.54) is 40.8 Å². The van der Waals surface area contributed by atoms with Crippen LogP contribution in [0.15, 0.2) is 79.6 Å². The summed E-state index contributed by atoms with van der Waals surface area (Å²) >= 11 is 1.65. The Balaban J connectivity index is 0.000000356. The molecule has 2 bridgehead atoms. The van der Waals surface area contributed by atoms with E-state index in [0.717, 1.165) is 105 Å². The van der Waals surface area contributed by atoms with Crippen LogP contribution in [0.2, 0.25) is 13.1 Å². The number of rotatable bonds is 19. The molecule has 1 amide bonds. The summed E-state index contributed by atoms with van der Waals surface area (Å²) in [6.45, 7) is 34.7. The number of hydrogen-bond donors (Lipinski definition) is 3. The van der Waals surface area contributed by atoms with E-state index in [-0.39, 0.29) is 17.4 Å². The van der Waals surface area contributed by atoms with Crippen molar-refractivity contribution in [1.29, 1.82) is 0 Å². The van der Waals surface area contributed by atoms with Crippen LogP contribution in [0.3, 0.4) is 0 Å². The van der Waals surface area contributed by atoms with Crippen LogP contribution in [-0.2, 0) is 33.8 Å². The molecule has 5 unspecified atom stereocenters. The zero-order valence-corrected chi connectivity index (χ0v) is 44.7. The minimum Gasteiger partial charge on any atom is -0.401 e. The Labute approximate surface area is 419 Å². The van der Waals surface area contributed by atoms with E-state index in [9.17, 15) is 14.4 Å². The van der Waals surface area contributed by atoms with Crippen molar-refractivity contribution in [1.82, 2.24) is 34.5 Å². The van der Waals surface area contributed by atoms with Gasteiger partial charge in [0.25, 0.3) is 0 Å². The van der Waals surface area contributed by atoms with Gasteiger partial charge in [-0.2, -0.15) is 0 Å². The standard InChI is InChI=1S/C37H49BN4O2S.C14H23N3O.C3H7N.CH5N/c1-8-26(3)34-28(13-10-18-39-34)35-30(22-36(4,5)16-11-20-43)29-21-27(14-15-32(29)41(35)9-2)31-24-45-33(40-31)23-37(6,25-44)42-19-12-17-38(42)7;1-5-13(18)17-11-6-12(17)8-16(7-11)14(9(2)3)10(4)15;1-3-4-2;1-2/h10,13-15,18,20-21,24-26H,8-9,11-12,16-17,19,22-23H2,1-7H3;5,9,11-12,14H,1,4,6-8,15H2,2-3H3;3-4H,1H2,2H3;2H2,1H3. The van der Waals surface area contributed by atoms with E-state index in [2.05, 4.69) is 143 Å². The SMILES string of the molecule is C=CC(=O)N1C2CC1CN(C(C(=C)N)C(C)C)C2.C=CNC.CCC(C)c1ncccc1-c1c(CC(C)(C)CCC=O)c2cc(-c3csc(CC(C)(C=O)N4CCCB4C)n3)ccc2n1CC.CN. The molecule has 1 aromatic carbocycles. The van der Waals surface area contributed by atoms with Gasteiger partial charge < -0.3 is 40.7 Å². The Hall–Kier alpha value is -4.89. The van der Waals surface area contributed by atoms with E-state index in [4.69, 9.17) is 15.7 Å². The summed E-state index contributed by atoms with van der Waals surface area (Å²) in [5.74, 6) is 0.845. The average Bonchev–Trinajstić information content (AvgIpc) is 4.08. The number of pyridine rings is 1. The highest BCUT2D eigenvalue weighted by Gasteiger charge is 2.48. The van der Waals surface area contributed by atoms with Gasteiger partial charge in [-0.3, -0.25) is 14.7 Å². The third-order valence-corrected chi connectivity index (χ3v) is 15.2. The minimum absolute atomic E-state index is 0.0585. The number of aldehydes is 2. The maximum atomic E-state index is 12.4. The van der Waals surface area contributed by atoms with E-state index >= 15 is 0 Å². The number of nitrogens with two attached hydrogens (primary N) is 2. The summed E-state index contributed by atoms with van der Waals surface area (Å²) in [6, 6.07) is 11.9. The van der Waals surface area contributed by atoms with E-state index in [1.54, 1.807) is 17.5 Å². The van der Waals surface area contributed by atoms with Crippen LogP contribution in [0, 0.1) is 11.3 Å². The van der Waals surface area contributed by atoms with Gasteiger partial charge in [0.15, 0.2) is 0 Å². The molecule has 3 aromatic heterocycles. The van der Waals surface area contributed by atoms with E-state index in [0.29, 0.717) is 43.6 Å². The fourth-order valence-corrected chi connectivity index (χ4v) is 11.7. The van der Waals surface area contributed by atoms with Crippen LogP contribution in [0.5, 0.6) is 0 Å². The van der Waals surface area contributed by atoms with Crippen molar-refractivity contribution < 1.29 is 14.4 Å². The molecule has 8 rings (SSSR count). The maximum absolute atomic E-state index is 12.4. The molecular weight excluding hydrogens is 878 g/mol. The van der Waals surface area contributed by atoms with Crippen LogP contribution in [-0.4, -0.2) is 112 Å². The highest BCUT2D eigenvalue weighted by molar-refractivity contribution is 7.10. The van der Waals surface area contributed by atoms with Crippen molar-refractivity contribution in [3.63, 3.8) is 0 Å². The first-order valence-electron chi connectivity index (χ1n) is 25.1. The molecule has 14 heteroatoms. The van der Waals surface area contributed by atoms with E-state index in [1.807, 2.05) is 18.1 Å². The summed E-state index contributed by atoms with van der Waals surface area (Å²) in [6.07, 6.45) is 14.4. The molecule has 0 aliphatic carbocycles. The quantitative estimate of drug-likeness (QED) is 0.0470. The van der Waals surface area contributed by atoms with Gasteiger partial charge in [-0.25, -0.2) is 4.98 Å². The Kier molecular flexibility index (Phi) is 21.2. The third-order valence-electron chi connectivity index (χ3n) is 14.3. The molecule has 0 saturated carbocycles. The lowest BCUT2D eigenvalue weighted by Gasteiger charge is -2.58. The molecule has 4 aliphatic heterocycles. The van der Waals surface area contributed by atoms with Gasteiger partial charge in [0.1, 0.15) is 12.6 Å². The number of aryl methyl sites for hydroxylation is 1. The Morgan fingerprint density at radius 2 is 1.75 bits per heavy atom. The number of thiazole rings is 1. The van der Waals surface area contributed by atoms with Crippen LogP contribution in [0.4, 0.5) is 0 Å². The van der Waals surface area contributed by atoms with Crippen LogP contribution in [0.1, 0.15) is 110 Å². The molecule has 4 fully saturated rings. The number of benzene rings is 1. The third kappa shape index (κ3) is 13.3. The van der Waals surface area contributed by atoms with Crippen molar-refractivity contribution in [2.75, 3.05) is 33.7 Å². The lowest BCUT2D eigenvalue weighted by molar-refractivity contribution is -0.150. The van der Waals surface area contributed by atoms with Gasteiger partial charge >= 0.3 is 0 Å². The van der Waals surface area contributed by atoms with Gasteiger partial charge in [0, 0.05) is 90.9 Å². The Bertz CT molecular complexity index is 2350. The van der Waals surface area contributed by atoms with Crippen LogP contribution >= 0.6 is 11.3 Å². The number of amides is 1. The highest BCUT2D eigenvalue weighted by Crippen LogP contribution is 2.43. The second-order valence-electron chi connectivity index (χ2n) is 20.3. The highest BCUT2D eigenvalue weighted by atomic mass is 32.1. The van der Waals surface area contributed by atoms with Gasteiger partial charge in [-0.1, -0.05) is 80.5 Å². The molecule has 0 spiro atoms. The molecule has 5 N–H and O–H groups in total. The van der Waals surface area contributed by atoms with E-state index < -0.39 is 5.54 Å². The number of nitrogens with zero attached hydrogens (tertiary/aromatic N) is 6. The van der Waals surface area contributed by atoms with Crippen molar-refractivity contribution in [3.05, 3.63) is 95.9 Å². The maximum Gasteiger partial charge on any atom is 0.246 e. The number of fused-ring (bicyclic) bond motifs is 3. The lowest BCUT2D eigenvalue weighted by atomic mass is 9.60. The summed E-state index contributed by atoms with van der Waals surface area (Å²) in [5, 5.41) is 7.07. The minimum atomic E-state index is -0.542. The number of nitrogens with one attached hydrogen (secondary N) is 1. The number of carbonyl (C=O) groups is 3. The largest absolute Gasteiger partial charge is 0.401 e.